The zero-order chi connectivity index (χ0) is 29.0. The van der Waals surface area contributed by atoms with Gasteiger partial charge in [-0.3, -0.25) is 19.9 Å². The fourth-order valence-electron chi connectivity index (χ4n) is 4.57. The third-order valence-electron chi connectivity index (χ3n) is 6.73. The van der Waals surface area contributed by atoms with Crippen molar-refractivity contribution in [1.82, 2.24) is 15.5 Å². The van der Waals surface area contributed by atoms with E-state index in [1.165, 1.54) is 30.0 Å². The van der Waals surface area contributed by atoms with Gasteiger partial charge in [-0.1, -0.05) is 44.7 Å². The van der Waals surface area contributed by atoms with Gasteiger partial charge in [-0.15, -0.1) is 0 Å². The lowest BCUT2D eigenvalue weighted by Crippen LogP contribution is -2.47. The molecule has 0 aliphatic carbocycles. The number of hydrogen-bond donors (Lipinski definition) is 5. The smallest absolute Gasteiger partial charge is 0.267 e. The van der Waals surface area contributed by atoms with Gasteiger partial charge in [0.25, 0.3) is 10.0 Å². The molecular formula is C26H30F3N5O4S2. The average molecular weight is 598 g/mol. The number of rotatable bonds is 8. The zero-order valence-corrected chi connectivity index (χ0v) is 23.6. The number of sulfonamides is 1. The Kier molecular flexibility index (Phi) is 7.70. The molecule has 9 nitrogen and oxygen atoms in total. The first-order valence-electron chi connectivity index (χ1n) is 12.6. The third-order valence-corrected chi connectivity index (χ3v) is 9.83. The molecule has 2 saturated heterocycles. The number of aliphatic hydroxyl groups excluding tert-OH is 2. The van der Waals surface area contributed by atoms with Crippen LogP contribution in [0.4, 0.5) is 18.9 Å². The maximum Gasteiger partial charge on any atom is 0.267 e. The van der Waals surface area contributed by atoms with Crippen LogP contribution in [0.25, 0.3) is 0 Å². The highest BCUT2D eigenvalue weighted by molar-refractivity contribution is 8.05. The van der Waals surface area contributed by atoms with Crippen LogP contribution in [0, 0.1) is 22.9 Å². The summed E-state index contributed by atoms with van der Waals surface area (Å²) in [5, 5.41) is 25.1. The lowest BCUT2D eigenvalue weighted by Gasteiger charge is -2.23. The molecule has 2 fully saturated rings. The molecule has 216 valence electrons. The van der Waals surface area contributed by atoms with Crippen molar-refractivity contribution < 1.29 is 31.8 Å². The summed E-state index contributed by atoms with van der Waals surface area (Å²) < 4.78 is 72.1. The second-order valence-electron chi connectivity index (χ2n) is 10.9. The van der Waals surface area contributed by atoms with Gasteiger partial charge in [0.05, 0.1) is 35.1 Å². The van der Waals surface area contributed by atoms with Crippen molar-refractivity contribution >= 4 is 33.2 Å². The van der Waals surface area contributed by atoms with Crippen molar-refractivity contribution in [3.8, 4) is 0 Å². The minimum absolute atomic E-state index is 0.0176. The monoisotopic (exact) mass is 597 g/mol. The number of allylic oxidation sites excluding steroid dienone is 1. The van der Waals surface area contributed by atoms with Gasteiger partial charge >= 0.3 is 0 Å². The van der Waals surface area contributed by atoms with Crippen LogP contribution in [0.2, 0.25) is 0 Å². The highest BCUT2D eigenvalue weighted by Crippen LogP contribution is 2.47. The van der Waals surface area contributed by atoms with Crippen molar-refractivity contribution in [3.63, 3.8) is 0 Å². The van der Waals surface area contributed by atoms with Gasteiger partial charge in [0.2, 0.25) is 0 Å². The maximum absolute atomic E-state index is 16.0. The van der Waals surface area contributed by atoms with Gasteiger partial charge in [-0.2, -0.15) is 0 Å². The molecule has 14 heteroatoms. The number of aliphatic imine (C=N–C) groups is 1. The highest BCUT2D eigenvalue weighted by Gasteiger charge is 2.52. The minimum atomic E-state index is -4.79. The summed E-state index contributed by atoms with van der Waals surface area (Å²) in [6.45, 7) is 6.54. The molecule has 3 aliphatic rings. The molecule has 0 aromatic heterocycles. The molecule has 5 N–H and O–H groups in total. The van der Waals surface area contributed by atoms with E-state index in [0.29, 0.717) is 10.6 Å². The summed E-state index contributed by atoms with van der Waals surface area (Å²) in [7, 11) is -4.79. The predicted molar refractivity (Wildman–Crippen MR) is 146 cm³/mol. The summed E-state index contributed by atoms with van der Waals surface area (Å²) >= 11 is 1.47. The number of hydrogen-bond acceptors (Lipinski definition) is 9. The predicted octanol–water partition coefficient (Wildman–Crippen LogP) is 2.54. The minimum Gasteiger partial charge on any atom is -0.394 e. The van der Waals surface area contributed by atoms with Gasteiger partial charge in [0, 0.05) is 24.4 Å². The standard InChI is InChI=1S/C26H30F3N5O4S2/c1-26(2,3)24-31-20(22(39-24)21-18-11-34(18)25(32-21)30-10-13(36)12-35)14-6-4-9-17(19(14)29)33-40(37,38)23-15(27)7-5-8-16(23)28/h4-9,13,18,24-25,30,32-33,35-36H,10-12H2,1-3H3. The van der Waals surface area contributed by atoms with Crippen molar-refractivity contribution in [1.29, 1.82) is 0 Å². The first kappa shape index (κ1) is 28.9. The third kappa shape index (κ3) is 5.48. The SMILES string of the molecule is CC(C)(C)C1N=C(c2cccc(NS(=O)(=O)c3c(F)cccc3F)c2F)C(=C2NC(NCC(O)CO)N3CC23)S1. The summed E-state index contributed by atoms with van der Waals surface area (Å²) in [6, 6.07) is 6.77. The Bertz CT molecular complexity index is 1480. The number of nitrogens with zero attached hydrogens (tertiary/aromatic N) is 2. The molecule has 0 spiro atoms. The number of benzene rings is 2. The van der Waals surface area contributed by atoms with Crippen LogP contribution in [0.3, 0.4) is 0 Å². The molecule has 5 rings (SSSR count). The number of aliphatic hydroxyl groups is 2. The van der Waals surface area contributed by atoms with Crippen LogP contribution in [-0.4, -0.2) is 72.7 Å². The lowest BCUT2D eigenvalue weighted by atomic mass is 9.96. The molecule has 5 unspecified atom stereocenters. The number of halogens is 3. The second-order valence-corrected chi connectivity index (χ2v) is 13.6. The summed E-state index contributed by atoms with van der Waals surface area (Å²) in [5.74, 6) is -3.52. The molecule has 0 saturated carbocycles. The van der Waals surface area contributed by atoms with Gasteiger partial charge in [0.15, 0.2) is 10.7 Å². The number of thioether (sulfide) groups is 1. The normalized spacial score (nSPS) is 26.8. The van der Waals surface area contributed by atoms with Crippen LogP contribution in [0.1, 0.15) is 26.3 Å². The average Bonchev–Trinajstić information content (AvgIpc) is 3.39. The Morgan fingerprint density at radius 2 is 1.85 bits per heavy atom. The van der Waals surface area contributed by atoms with E-state index in [0.717, 1.165) is 30.4 Å². The van der Waals surface area contributed by atoms with Crippen LogP contribution >= 0.6 is 11.8 Å². The Morgan fingerprint density at radius 1 is 1.18 bits per heavy atom. The van der Waals surface area contributed by atoms with Crippen molar-refractivity contribution in [2.75, 3.05) is 24.4 Å². The van der Waals surface area contributed by atoms with Crippen molar-refractivity contribution in [2.24, 2.45) is 10.4 Å². The Morgan fingerprint density at radius 3 is 2.50 bits per heavy atom. The van der Waals surface area contributed by atoms with Gasteiger partial charge in [-0.25, -0.2) is 21.6 Å². The fraction of sp³-hybridized carbons (Fsp3) is 0.423. The molecular weight excluding hydrogens is 567 g/mol. The van der Waals surface area contributed by atoms with Crippen LogP contribution < -0.4 is 15.4 Å². The van der Waals surface area contributed by atoms with E-state index in [1.807, 2.05) is 25.5 Å². The molecule has 3 heterocycles. The molecule has 0 bridgehead atoms. The Balaban J connectivity index is 1.50. The van der Waals surface area contributed by atoms with Gasteiger partial charge < -0.3 is 15.5 Å². The molecule has 40 heavy (non-hydrogen) atoms. The van der Waals surface area contributed by atoms with E-state index in [-0.39, 0.29) is 41.8 Å². The van der Waals surface area contributed by atoms with Gasteiger partial charge in [0.1, 0.15) is 23.3 Å². The first-order chi connectivity index (χ1) is 18.8. The van der Waals surface area contributed by atoms with E-state index in [4.69, 9.17) is 10.1 Å². The molecule has 2 aromatic rings. The Labute approximate surface area is 234 Å². The maximum atomic E-state index is 16.0. The summed E-state index contributed by atoms with van der Waals surface area (Å²) in [4.78, 5) is 6.45. The first-order valence-corrected chi connectivity index (χ1v) is 15.0. The number of fused-ring (bicyclic) bond motifs is 1. The zero-order valence-electron chi connectivity index (χ0n) is 22.0. The lowest BCUT2D eigenvalue weighted by molar-refractivity contribution is 0.0873. The van der Waals surface area contributed by atoms with E-state index < -0.39 is 44.2 Å². The van der Waals surface area contributed by atoms with E-state index in [2.05, 4.69) is 15.5 Å². The van der Waals surface area contributed by atoms with E-state index in [9.17, 15) is 22.3 Å². The quantitative estimate of drug-likeness (QED) is 0.294. The highest BCUT2D eigenvalue weighted by atomic mass is 32.2. The number of anilines is 1. The Hall–Kier alpha value is -2.62. The van der Waals surface area contributed by atoms with E-state index in [1.54, 1.807) is 0 Å². The molecule has 5 atom stereocenters. The topological polar surface area (TPSA) is 126 Å². The summed E-state index contributed by atoms with van der Waals surface area (Å²) in [5.41, 5.74) is 0.441. The van der Waals surface area contributed by atoms with E-state index >= 15 is 4.39 Å². The fourth-order valence-corrected chi connectivity index (χ4v) is 7.10. The van der Waals surface area contributed by atoms with Crippen molar-refractivity contribution in [3.05, 3.63) is 70.0 Å². The second kappa shape index (κ2) is 10.7. The van der Waals surface area contributed by atoms with Gasteiger partial charge in [-0.05, 0) is 29.7 Å². The molecule has 2 aromatic carbocycles. The molecule has 3 aliphatic heterocycles. The number of nitrogens with one attached hydrogen (secondary N) is 3. The van der Waals surface area contributed by atoms with Crippen molar-refractivity contribution in [2.45, 2.75) is 49.5 Å². The molecule has 0 amide bonds. The summed E-state index contributed by atoms with van der Waals surface area (Å²) in [6.07, 6.45) is -1.22. The van der Waals surface area contributed by atoms with Crippen LogP contribution in [0.15, 0.2) is 56.9 Å². The molecule has 0 radical (unpaired) electrons. The van der Waals surface area contributed by atoms with Crippen LogP contribution in [0.5, 0.6) is 0 Å². The largest absolute Gasteiger partial charge is 0.394 e. The van der Waals surface area contributed by atoms with Crippen LogP contribution in [-0.2, 0) is 10.0 Å².